The second-order valence-electron chi connectivity index (χ2n) is 6.30. The van der Waals surface area contributed by atoms with Crippen molar-refractivity contribution in [1.82, 2.24) is 15.2 Å². The molecule has 0 radical (unpaired) electrons. The molecule has 120 valence electrons. The van der Waals surface area contributed by atoms with E-state index in [2.05, 4.69) is 29.4 Å². The third-order valence-electron chi connectivity index (χ3n) is 4.79. The molecule has 2 fully saturated rings. The molecule has 5 nitrogen and oxygen atoms in total. The highest BCUT2D eigenvalue weighted by molar-refractivity contribution is 7.15. The second-order valence-corrected chi connectivity index (χ2v) is 7.59. The lowest BCUT2D eigenvalue weighted by molar-refractivity contribution is -0.121. The molecule has 0 saturated carbocycles. The van der Waals surface area contributed by atoms with Gasteiger partial charge in [-0.1, -0.05) is 0 Å². The van der Waals surface area contributed by atoms with Crippen LogP contribution in [0.4, 0.5) is 0 Å². The highest BCUT2D eigenvalue weighted by atomic mass is 32.1. The van der Waals surface area contributed by atoms with Crippen LogP contribution in [0.1, 0.15) is 34.5 Å². The monoisotopic (exact) mass is 329 g/mol. The first-order valence-electron chi connectivity index (χ1n) is 7.96. The lowest BCUT2D eigenvalue weighted by Gasteiger charge is -2.27. The number of fused-ring (bicyclic) bond motifs is 2. The summed E-state index contributed by atoms with van der Waals surface area (Å²) < 4.78 is 0. The van der Waals surface area contributed by atoms with Crippen LogP contribution in [0.15, 0.2) is 24.5 Å². The fourth-order valence-electron chi connectivity index (χ4n) is 3.67. The van der Waals surface area contributed by atoms with Crippen LogP contribution >= 0.6 is 11.3 Å². The molecule has 4 rings (SSSR count). The van der Waals surface area contributed by atoms with E-state index in [0.717, 1.165) is 23.3 Å². The van der Waals surface area contributed by atoms with Crippen LogP contribution in [0.5, 0.6) is 0 Å². The molecule has 0 aromatic carbocycles. The number of carbonyl (C=O) groups excluding carboxylic acids is 2. The predicted octanol–water partition coefficient (Wildman–Crippen LogP) is 2.54. The van der Waals surface area contributed by atoms with Crippen molar-refractivity contribution in [3.8, 4) is 10.4 Å². The van der Waals surface area contributed by atoms with E-state index in [9.17, 15) is 9.59 Å². The zero-order valence-electron chi connectivity index (χ0n) is 13.0. The number of nitrogens with one attached hydrogen (secondary N) is 2. The molecule has 2 aromatic rings. The first-order valence-corrected chi connectivity index (χ1v) is 8.78. The zero-order chi connectivity index (χ0) is 16.0. The lowest BCUT2D eigenvalue weighted by atomic mass is 10.1. The Morgan fingerprint density at radius 3 is 2.87 bits per heavy atom. The molecule has 2 aliphatic rings. The van der Waals surface area contributed by atoms with Crippen LogP contribution in [0, 0.1) is 6.92 Å². The Morgan fingerprint density at radius 2 is 2.09 bits per heavy atom. The minimum Gasteiger partial charge on any atom is -0.366 e. The Hall–Kier alpha value is -2.08. The van der Waals surface area contributed by atoms with Crippen LogP contribution in [0.25, 0.3) is 10.4 Å². The molecule has 2 saturated heterocycles. The Labute approximate surface area is 138 Å². The molecule has 2 aromatic heterocycles. The number of nitrogens with zero attached hydrogens (tertiary/aromatic N) is 1. The predicted molar refractivity (Wildman–Crippen MR) is 89.4 cm³/mol. The van der Waals surface area contributed by atoms with E-state index in [1.165, 1.54) is 4.88 Å². The minimum atomic E-state index is 0.0304. The maximum Gasteiger partial charge on any atom is 0.256 e. The van der Waals surface area contributed by atoms with E-state index in [4.69, 9.17) is 0 Å². The summed E-state index contributed by atoms with van der Waals surface area (Å²) in [6.45, 7) is 2.63. The van der Waals surface area contributed by atoms with E-state index in [1.54, 1.807) is 17.5 Å². The molecule has 2 N–H and O–H groups in total. The van der Waals surface area contributed by atoms with Gasteiger partial charge >= 0.3 is 0 Å². The average molecular weight is 329 g/mol. The van der Waals surface area contributed by atoms with Gasteiger partial charge in [0.25, 0.3) is 5.91 Å². The van der Waals surface area contributed by atoms with Crippen LogP contribution in [0.2, 0.25) is 0 Å². The normalized spacial score (nSPS) is 23.7. The lowest BCUT2D eigenvalue weighted by Crippen LogP contribution is -2.42. The van der Waals surface area contributed by atoms with Gasteiger partial charge in [-0.15, -0.1) is 11.3 Å². The van der Waals surface area contributed by atoms with E-state index in [-0.39, 0.29) is 23.9 Å². The highest BCUT2D eigenvalue weighted by Crippen LogP contribution is 2.34. The average Bonchev–Trinajstić information content (AvgIpc) is 3.20. The third-order valence-corrected chi connectivity index (χ3v) is 5.83. The minimum absolute atomic E-state index is 0.0304. The number of carbonyl (C=O) groups is 2. The summed E-state index contributed by atoms with van der Waals surface area (Å²) >= 11 is 1.69. The van der Waals surface area contributed by atoms with Gasteiger partial charge < -0.3 is 15.2 Å². The number of H-pyrrole nitrogens is 1. The fraction of sp³-hybridized carbons (Fsp3) is 0.412. The van der Waals surface area contributed by atoms with Crippen molar-refractivity contribution in [2.75, 3.05) is 6.54 Å². The van der Waals surface area contributed by atoms with E-state index in [1.807, 2.05) is 11.1 Å². The number of aromatic amines is 1. The van der Waals surface area contributed by atoms with E-state index < -0.39 is 0 Å². The Balaban J connectivity index is 1.68. The summed E-state index contributed by atoms with van der Waals surface area (Å²) in [7, 11) is 0. The summed E-state index contributed by atoms with van der Waals surface area (Å²) in [5, 5.41) is 2.92. The van der Waals surface area contributed by atoms with Gasteiger partial charge in [0.2, 0.25) is 5.91 Å². The van der Waals surface area contributed by atoms with Crippen molar-refractivity contribution in [3.05, 3.63) is 35.0 Å². The van der Waals surface area contributed by atoms with Crippen LogP contribution < -0.4 is 5.32 Å². The Morgan fingerprint density at radius 1 is 1.26 bits per heavy atom. The molecule has 0 aliphatic carbocycles. The SMILES string of the molecule is Cc1ccc(-c2c[nH]cc2C(=O)N2C3CCC2CC(=O)NC3)s1. The highest BCUT2D eigenvalue weighted by Gasteiger charge is 2.41. The largest absolute Gasteiger partial charge is 0.366 e. The van der Waals surface area contributed by atoms with Crippen LogP contribution in [0.3, 0.4) is 0 Å². The number of thiophene rings is 1. The van der Waals surface area contributed by atoms with E-state index in [0.29, 0.717) is 18.5 Å². The van der Waals surface area contributed by atoms with Crippen molar-refractivity contribution in [2.24, 2.45) is 0 Å². The van der Waals surface area contributed by atoms with Gasteiger partial charge in [-0.25, -0.2) is 0 Å². The van der Waals surface area contributed by atoms with Crippen molar-refractivity contribution >= 4 is 23.2 Å². The molecule has 2 bridgehead atoms. The smallest absolute Gasteiger partial charge is 0.256 e. The number of hydrogen-bond acceptors (Lipinski definition) is 3. The van der Waals surface area contributed by atoms with Gasteiger partial charge in [0, 0.05) is 52.8 Å². The number of amides is 2. The summed E-state index contributed by atoms with van der Waals surface area (Å²) in [5.41, 5.74) is 1.66. The van der Waals surface area contributed by atoms with Crippen LogP contribution in [-0.2, 0) is 4.79 Å². The molecule has 23 heavy (non-hydrogen) atoms. The number of aryl methyl sites for hydroxylation is 1. The van der Waals surface area contributed by atoms with Gasteiger partial charge in [-0.3, -0.25) is 9.59 Å². The molecular formula is C17H19N3O2S. The summed E-state index contributed by atoms with van der Waals surface area (Å²) in [4.78, 5) is 32.3. The van der Waals surface area contributed by atoms with E-state index >= 15 is 0 Å². The first kappa shape index (κ1) is 14.5. The summed E-state index contributed by atoms with van der Waals surface area (Å²) in [6, 6.07) is 4.27. The van der Waals surface area contributed by atoms with Crippen molar-refractivity contribution in [1.29, 1.82) is 0 Å². The van der Waals surface area contributed by atoms with Gasteiger partial charge in [0.15, 0.2) is 0 Å². The number of aromatic nitrogens is 1. The summed E-state index contributed by atoms with van der Waals surface area (Å²) in [5.74, 6) is 0.0921. The third kappa shape index (κ3) is 2.47. The van der Waals surface area contributed by atoms with Crippen LogP contribution in [-0.4, -0.2) is 40.3 Å². The summed E-state index contributed by atoms with van der Waals surface area (Å²) in [6.07, 6.45) is 5.98. The Bertz CT molecular complexity index is 763. The van der Waals surface area contributed by atoms with Gasteiger partial charge in [0.05, 0.1) is 5.56 Å². The Kier molecular flexibility index (Phi) is 3.49. The van der Waals surface area contributed by atoms with Gasteiger partial charge in [0.1, 0.15) is 0 Å². The van der Waals surface area contributed by atoms with Gasteiger partial charge in [-0.2, -0.15) is 0 Å². The molecule has 4 heterocycles. The second kappa shape index (κ2) is 5.53. The first-order chi connectivity index (χ1) is 11.1. The quantitative estimate of drug-likeness (QED) is 0.889. The van der Waals surface area contributed by atoms with Gasteiger partial charge in [-0.05, 0) is 31.9 Å². The molecule has 2 amide bonds. The molecule has 2 unspecified atom stereocenters. The molecular weight excluding hydrogens is 310 g/mol. The molecule has 0 spiro atoms. The zero-order valence-corrected chi connectivity index (χ0v) is 13.8. The number of rotatable bonds is 2. The fourth-order valence-corrected chi connectivity index (χ4v) is 4.57. The maximum absolute atomic E-state index is 13.2. The molecule has 2 aliphatic heterocycles. The maximum atomic E-state index is 13.2. The van der Waals surface area contributed by atoms with Crippen molar-refractivity contribution in [3.63, 3.8) is 0 Å². The van der Waals surface area contributed by atoms with Crippen molar-refractivity contribution < 1.29 is 9.59 Å². The molecule has 2 atom stereocenters. The molecule has 6 heteroatoms. The number of hydrogen-bond donors (Lipinski definition) is 2. The van der Waals surface area contributed by atoms with Crippen molar-refractivity contribution in [2.45, 2.75) is 38.3 Å². The standard InChI is InChI=1S/C17H19N3O2S/c1-10-2-5-15(23-10)13-8-18-9-14(13)17(22)20-11-3-4-12(20)7-19-16(21)6-11/h2,5,8-9,11-12,18H,3-4,6-7H2,1H3,(H,19,21). The topological polar surface area (TPSA) is 65.2 Å².